The molecule has 24 heavy (non-hydrogen) atoms. The zero-order chi connectivity index (χ0) is 18.2. The van der Waals surface area contributed by atoms with Gasteiger partial charge in [0, 0.05) is 0 Å². The van der Waals surface area contributed by atoms with Gasteiger partial charge in [-0.2, -0.15) is 0 Å². The Morgan fingerprint density at radius 3 is 1.58 bits per heavy atom. The van der Waals surface area contributed by atoms with Gasteiger partial charge >= 0.3 is 5.97 Å². The van der Waals surface area contributed by atoms with E-state index in [2.05, 4.69) is 45.0 Å². The number of carbonyl (C=O) groups is 1. The molecule has 0 fully saturated rings. The highest BCUT2D eigenvalue weighted by Crippen LogP contribution is 2.24. The number of rotatable bonds is 10. The summed E-state index contributed by atoms with van der Waals surface area (Å²) in [6.07, 6.45) is 8.83. The van der Waals surface area contributed by atoms with E-state index in [1.807, 2.05) is 13.8 Å². The second-order valence-corrected chi connectivity index (χ2v) is 8.98. The SMILES string of the molecule is CC(C)(C)CCCCc1ccc(CCCCC(C)(C)C(=O)O)cc1. The third kappa shape index (κ3) is 8.52. The van der Waals surface area contributed by atoms with Crippen molar-refractivity contribution < 1.29 is 9.90 Å². The Morgan fingerprint density at radius 2 is 1.21 bits per heavy atom. The fraction of sp³-hybridized carbons (Fsp3) is 0.682. The van der Waals surface area contributed by atoms with Crippen molar-refractivity contribution in [3.63, 3.8) is 0 Å². The van der Waals surface area contributed by atoms with E-state index in [-0.39, 0.29) is 0 Å². The van der Waals surface area contributed by atoms with E-state index in [1.54, 1.807) is 0 Å². The summed E-state index contributed by atoms with van der Waals surface area (Å²) in [5.74, 6) is -0.696. The van der Waals surface area contributed by atoms with E-state index < -0.39 is 11.4 Å². The summed E-state index contributed by atoms with van der Waals surface area (Å²) in [5, 5.41) is 9.12. The van der Waals surface area contributed by atoms with E-state index in [9.17, 15) is 4.79 Å². The van der Waals surface area contributed by atoms with Crippen molar-refractivity contribution in [3.05, 3.63) is 35.4 Å². The van der Waals surface area contributed by atoms with Gasteiger partial charge < -0.3 is 5.11 Å². The first kappa shape index (κ1) is 20.7. The van der Waals surface area contributed by atoms with Crippen LogP contribution in [-0.2, 0) is 17.6 Å². The zero-order valence-electron chi connectivity index (χ0n) is 16.3. The highest BCUT2D eigenvalue weighted by Gasteiger charge is 2.25. The van der Waals surface area contributed by atoms with Gasteiger partial charge in [-0.3, -0.25) is 4.79 Å². The number of carboxylic acid groups (broad SMARTS) is 1. The lowest BCUT2D eigenvalue weighted by Crippen LogP contribution is -2.23. The van der Waals surface area contributed by atoms with Crippen LogP contribution < -0.4 is 0 Å². The maximum absolute atomic E-state index is 11.1. The second kappa shape index (κ2) is 9.25. The maximum atomic E-state index is 11.1. The van der Waals surface area contributed by atoms with Crippen LogP contribution in [0.2, 0.25) is 0 Å². The van der Waals surface area contributed by atoms with Gasteiger partial charge in [-0.05, 0) is 68.9 Å². The number of aliphatic carboxylic acids is 1. The summed E-state index contributed by atoms with van der Waals surface area (Å²) in [6.45, 7) is 10.5. The fourth-order valence-electron chi connectivity index (χ4n) is 2.86. The van der Waals surface area contributed by atoms with Gasteiger partial charge in [-0.15, -0.1) is 0 Å². The van der Waals surface area contributed by atoms with Crippen molar-refractivity contribution in [3.8, 4) is 0 Å². The molecular formula is C22H36O2. The lowest BCUT2D eigenvalue weighted by molar-refractivity contribution is -0.147. The molecule has 136 valence electrons. The molecule has 0 bridgehead atoms. The third-order valence-electron chi connectivity index (χ3n) is 4.76. The standard InChI is InChI=1S/C22H36O2/c1-21(2,3)16-8-6-10-18-12-14-19(15-13-18)11-7-9-17-22(4,5)20(23)24/h12-15H,6-11,16-17H2,1-5H3,(H,23,24). The van der Waals surface area contributed by atoms with Crippen molar-refractivity contribution in [2.75, 3.05) is 0 Å². The first-order valence-corrected chi connectivity index (χ1v) is 9.41. The van der Waals surface area contributed by atoms with Crippen molar-refractivity contribution in [1.29, 1.82) is 0 Å². The predicted octanol–water partition coefficient (Wildman–Crippen LogP) is 6.27. The van der Waals surface area contributed by atoms with Gasteiger partial charge in [0.05, 0.1) is 5.41 Å². The Balaban J connectivity index is 2.26. The van der Waals surface area contributed by atoms with Gasteiger partial charge in [0.2, 0.25) is 0 Å². The summed E-state index contributed by atoms with van der Waals surface area (Å²) < 4.78 is 0. The van der Waals surface area contributed by atoms with E-state index >= 15 is 0 Å². The Bertz CT molecular complexity index is 492. The number of benzene rings is 1. The van der Waals surface area contributed by atoms with Crippen molar-refractivity contribution >= 4 is 5.97 Å². The molecule has 1 aromatic carbocycles. The molecule has 0 heterocycles. The van der Waals surface area contributed by atoms with Crippen molar-refractivity contribution in [2.45, 2.75) is 86.0 Å². The minimum absolute atomic E-state index is 0.444. The molecule has 0 amide bonds. The van der Waals surface area contributed by atoms with Gasteiger partial charge in [0.1, 0.15) is 0 Å². The number of aryl methyl sites for hydroxylation is 2. The normalized spacial score (nSPS) is 12.4. The van der Waals surface area contributed by atoms with E-state index in [1.165, 1.54) is 36.8 Å². The molecule has 2 heteroatoms. The molecule has 1 aromatic rings. The van der Waals surface area contributed by atoms with E-state index in [4.69, 9.17) is 5.11 Å². The highest BCUT2D eigenvalue weighted by molar-refractivity contribution is 5.73. The largest absolute Gasteiger partial charge is 0.481 e. The van der Waals surface area contributed by atoms with Gasteiger partial charge in [0.25, 0.3) is 0 Å². The molecule has 1 N–H and O–H groups in total. The Kier molecular flexibility index (Phi) is 7.99. The Morgan fingerprint density at radius 1 is 0.792 bits per heavy atom. The summed E-state index contributed by atoms with van der Waals surface area (Å²) in [7, 11) is 0. The number of hydrogen-bond donors (Lipinski definition) is 1. The lowest BCUT2D eigenvalue weighted by Gasteiger charge is -2.18. The second-order valence-electron chi connectivity index (χ2n) is 8.98. The molecular weight excluding hydrogens is 296 g/mol. The maximum Gasteiger partial charge on any atom is 0.309 e. The molecule has 0 aliphatic carbocycles. The molecule has 0 aliphatic rings. The van der Waals surface area contributed by atoms with Gasteiger partial charge in [-0.1, -0.05) is 57.9 Å². The van der Waals surface area contributed by atoms with Crippen LogP contribution in [-0.4, -0.2) is 11.1 Å². The molecule has 1 rings (SSSR count). The average Bonchev–Trinajstić information content (AvgIpc) is 2.48. The van der Waals surface area contributed by atoms with Gasteiger partial charge in [0.15, 0.2) is 0 Å². The molecule has 0 radical (unpaired) electrons. The van der Waals surface area contributed by atoms with Crippen LogP contribution in [0.3, 0.4) is 0 Å². The summed E-state index contributed by atoms with van der Waals surface area (Å²) in [5.41, 5.74) is 2.64. The molecule has 0 aromatic heterocycles. The molecule has 0 saturated carbocycles. The molecule has 0 spiro atoms. The van der Waals surface area contributed by atoms with Crippen LogP contribution in [0.1, 0.15) is 84.3 Å². The van der Waals surface area contributed by atoms with Crippen molar-refractivity contribution in [1.82, 2.24) is 0 Å². The fourth-order valence-corrected chi connectivity index (χ4v) is 2.86. The van der Waals surface area contributed by atoms with Crippen LogP contribution in [0.25, 0.3) is 0 Å². The first-order chi connectivity index (χ1) is 11.1. The summed E-state index contributed by atoms with van der Waals surface area (Å²) in [4.78, 5) is 11.1. The van der Waals surface area contributed by atoms with Crippen LogP contribution in [0.4, 0.5) is 0 Å². The number of carboxylic acids is 1. The third-order valence-corrected chi connectivity index (χ3v) is 4.76. The Hall–Kier alpha value is -1.31. The number of unbranched alkanes of at least 4 members (excludes halogenated alkanes) is 2. The lowest BCUT2D eigenvalue weighted by atomic mass is 9.87. The quantitative estimate of drug-likeness (QED) is 0.513. The average molecular weight is 333 g/mol. The molecule has 2 nitrogen and oxygen atoms in total. The minimum atomic E-state index is -0.696. The highest BCUT2D eigenvalue weighted by atomic mass is 16.4. The topological polar surface area (TPSA) is 37.3 Å². The van der Waals surface area contributed by atoms with E-state index in [0.29, 0.717) is 5.41 Å². The zero-order valence-corrected chi connectivity index (χ0v) is 16.3. The summed E-state index contributed by atoms with van der Waals surface area (Å²) >= 11 is 0. The van der Waals surface area contributed by atoms with Crippen LogP contribution in [0, 0.1) is 10.8 Å². The monoisotopic (exact) mass is 332 g/mol. The molecule has 0 atom stereocenters. The predicted molar refractivity (Wildman–Crippen MR) is 102 cm³/mol. The summed E-state index contributed by atoms with van der Waals surface area (Å²) in [6, 6.07) is 8.99. The Labute approximate surface area is 148 Å². The molecule has 0 aliphatic heterocycles. The molecule has 0 unspecified atom stereocenters. The minimum Gasteiger partial charge on any atom is -0.481 e. The first-order valence-electron chi connectivity index (χ1n) is 9.41. The van der Waals surface area contributed by atoms with E-state index in [0.717, 1.165) is 25.7 Å². The van der Waals surface area contributed by atoms with Crippen LogP contribution in [0.15, 0.2) is 24.3 Å². The number of hydrogen-bond acceptors (Lipinski definition) is 1. The van der Waals surface area contributed by atoms with Crippen molar-refractivity contribution in [2.24, 2.45) is 10.8 Å². The van der Waals surface area contributed by atoms with Crippen LogP contribution >= 0.6 is 0 Å². The van der Waals surface area contributed by atoms with Gasteiger partial charge in [-0.25, -0.2) is 0 Å². The molecule has 0 saturated heterocycles. The smallest absolute Gasteiger partial charge is 0.309 e. The van der Waals surface area contributed by atoms with Crippen LogP contribution in [0.5, 0.6) is 0 Å².